The van der Waals surface area contributed by atoms with E-state index in [-0.39, 0.29) is 29.6 Å². The van der Waals surface area contributed by atoms with Gasteiger partial charge in [0.1, 0.15) is 11.9 Å². The Balaban J connectivity index is 2.14. The molecule has 0 saturated carbocycles. The fourth-order valence-corrected chi connectivity index (χ4v) is 2.73. The van der Waals surface area contributed by atoms with E-state index in [1.807, 2.05) is 0 Å². The maximum atomic E-state index is 13.0. The van der Waals surface area contributed by atoms with Gasteiger partial charge in [-0.05, 0) is 30.2 Å². The molecule has 28 heavy (non-hydrogen) atoms. The van der Waals surface area contributed by atoms with Crippen LogP contribution >= 0.6 is 0 Å². The predicted octanol–water partition coefficient (Wildman–Crippen LogP) is 3.15. The molecule has 0 saturated heterocycles. The average Bonchev–Trinajstić information content (AvgIpc) is 2.65. The highest BCUT2D eigenvalue weighted by Crippen LogP contribution is 2.20. The number of nitrogens with zero attached hydrogens (tertiary/aromatic N) is 2. The van der Waals surface area contributed by atoms with Crippen molar-refractivity contribution >= 4 is 17.5 Å². The minimum Gasteiger partial charge on any atom is -0.340 e. The minimum absolute atomic E-state index is 0.0334. The van der Waals surface area contributed by atoms with Crippen molar-refractivity contribution in [3.63, 3.8) is 0 Å². The van der Waals surface area contributed by atoms with Gasteiger partial charge >= 0.3 is 0 Å². The van der Waals surface area contributed by atoms with Crippen LogP contribution in [0.2, 0.25) is 0 Å². The van der Waals surface area contributed by atoms with E-state index in [2.05, 4.69) is 5.32 Å². The van der Waals surface area contributed by atoms with E-state index in [9.17, 15) is 24.1 Å². The van der Waals surface area contributed by atoms with E-state index >= 15 is 0 Å². The summed E-state index contributed by atoms with van der Waals surface area (Å²) in [5.41, 5.74) is 0.565. The molecule has 8 heteroatoms. The fraction of sp³-hybridized carbons (Fsp3) is 0.300. The van der Waals surface area contributed by atoms with Gasteiger partial charge in [0, 0.05) is 24.2 Å². The van der Waals surface area contributed by atoms with Crippen LogP contribution in [0.15, 0.2) is 48.5 Å². The number of likely N-dealkylation sites (N-methyl/N-ethyl adjacent to an activating group) is 1. The van der Waals surface area contributed by atoms with Crippen LogP contribution in [-0.2, 0) is 11.3 Å². The van der Waals surface area contributed by atoms with Crippen molar-refractivity contribution in [2.75, 3.05) is 7.05 Å². The number of amides is 2. The van der Waals surface area contributed by atoms with Gasteiger partial charge in [0.05, 0.1) is 11.5 Å². The van der Waals surface area contributed by atoms with Crippen molar-refractivity contribution in [3.8, 4) is 0 Å². The maximum absolute atomic E-state index is 13.0. The van der Waals surface area contributed by atoms with Crippen molar-refractivity contribution in [1.82, 2.24) is 10.2 Å². The molecule has 2 rings (SSSR count). The van der Waals surface area contributed by atoms with E-state index in [1.54, 1.807) is 32.0 Å². The number of halogens is 1. The molecule has 0 aromatic heterocycles. The zero-order chi connectivity index (χ0) is 20.8. The zero-order valence-electron chi connectivity index (χ0n) is 15.9. The molecule has 7 nitrogen and oxygen atoms in total. The highest BCUT2D eigenvalue weighted by atomic mass is 19.1. The fourth-order valence-electron chi connectivity index (χ4n) is 2.73. The Bertz CT molecular complexity index is 868. The molecule has 0 aliphatic rings. The van der Waals surface area contributed by atoms with Crippen LogP contribution in [0.5, 0.6) is 0 Å². The molecule has 1 atom stereocenters. The molecule has 0 bridgehead atoms. The van der Waals surface area contributed by atoms with Gasteiger partial charge in [0.25, 0.3) is 11.6 Å². The van der Waals surface area contributed by atoms with Crippen LogP contribution < -0.4 is 5.32 Å². The van der Waals surface area contributed by atoms with Crippen molar-refractivity contribution in [1.29, 1.82) is 0 Å². The minimum atomic E-state index is -0.828. The summed E-state index contributed by atoms with van der Waals surface area (Å²) in [4.78, 5) is 37.3. The monoisotopic (exact) mass is 387 g/mol. The van der Waals surface area contributed by atoms with Gasteiger partial charge in [0.15, 0.2) is 0 Å². The molecule has 2 aromatic carbocycles. The summed E-state index contributed by atoms with van der Waals surface area (Å²) in [6, 6.07) is 10.4. The molecule has 0 aliphatic carbocycles. The van der Waals surface area contributed by atoms with Crippen LogP contribution in [0.1, 0.15) is 29.8 Å². The topological polar surface area (TPSA) is 92.6 Å². The number of nitrogens with one attached hydrogen (secondary N) is 1. The Morgan fingerprint density at radius 1 is 1.14 bits per heavy atom. The van der Waals surface area contributed by atoms with Gasteiger partial charge in [-0.15, -0.1) is 0 Å². The summed E-state index contributed by atoms with van der Waals surface area (Å²) in [5, 5.41) is 13.8. The van der Waals surface area contributed by atoms with E-state index in [0.29, 0.717) is 5.56 Å². The van der Waals surface area contributed by atoms with Crippen molar-refractivity contribution in [2.45, 2.75) is 26.4 Å². The lowest BCUT2D eigenvalue weighted by atomic mass is 10.0. The standard InChI is InChI=1S/C20H22FN3O4/c1-13(2)18(22-19(25)14-8-10-16(21)11-9-14)20(26)23(3)12-15-6-4-5-7-17(15)24(27)28/h4-11,13,18H,12H2,1-3H3,(H,22,25). The Morgan fingerprint density at radius 2 is 1.75 bits per heavy atom. The SMILES string of the molecule is CC(C)C(NC(=O)c1ccc(F)cc1)C(=O)N(C)Cc1ccccc1[N+](=O)[O-]. The number of carbonyl (C=O) groups is 2. The van der Waals surface area contributed by atoms with Gasteiger partial charge in [-0.1, -0.05) is 32.0 Å². The smallest absolute Gasteiger partial charge is 0.274 e. The van der Waals surface area contributed by atoms with Crippen LogP contribution in [-0.4, -0.2) is 34.7 Å². The lowest BCUT2D eigenvalue weighted by molar-refractivity contribution is -0.385. The first-order valence-corrected chi connectivity index (χ1v) is 8.74. The molecule has 1 unspecified atom stereocenters. The molecule has 0 spiro atoms. The first kappa shape index (κ1) is 21.0. The quantitative estimate of drug-likeness (QED) is 0.583. The number of carbonyl (C=O) groups excluding carboxylic acids is 2. The van der Waals surface area contributed by atoms with Gasteiger partial charge in [0.2, 0.25) is 5.91 Å². The van der Waals surface area contributed by atoms with E-state index in [4.69, 9.17) is 0 Å². The van der Waals surface area contributed by atoms with Crippen LogP contribution in [0, 0.1) is 21.8 Å². The van der Waals surface area contributed by atoms with Gasteiger partial charge in [-0.2, -0.15) is 0 Å². The molecule has 0 heterocycles. The van der Waals surface area contributed by atoms with Gasteiger partial charge in [-0.25, -0.2) is 4.39 Å². The summed E-state index contributed by atoms with van der Waals surface area (Å²) in [6.45, 7) is 3.60. The third kappa shape index (κ3) is 5.12. The Hall–Kier alpha value is -3.29. The van der Waals surface area contributed by atoms with Crippen LogP contribution in [0.25, 0.3) is 0 Å². The molecule has 2 aromatic rings. The van der Waals surface area contributed by atoms with E-state index in [0.717, 1.165) is 0 Å². The largest absolute Gasteiger partial charge is 0.340 e. The molecule has 1 N–H and O–H groups in total. The first-order chi connectivity index (χ1) is 13.2. The Kier molecular flexibility index (Phi) is 6.81. The molecule has 0 radical (unpaired) electrons. The second-order valence-electron chi connectivity index (χ2n) is 6.78. The summed E-state index contributed by atoms with van der Waals surface area (Å²) < 4.78 is 13.0. The third-order valence-corrected chi connectivity index (χ3v) is 4.30. The lowest BCUT2D eigenvalue weighted by Gasteiger charge is -2.27. The molecule has 0 aliphatic heterocycles. The second kappa shape index (κ2) is 9.07. The highest BCUT2D eigenvalue weighted by molar-refractivity contribution is 5.97. The summed E-state index contributed by atoms with van der Waals surface area (Å²) >= 11 is 0. The van der Waals surface area contributed by atoms with Crippen molar-refractivity contribution < 1.29 is 18.9 Å². The number of nitro benzene ring substituents is 1. The predicted molar refractivity (Wildman–Crippen MR) is 102 cm³/mol. The van der Waals surface area contributed by atoms with Gasteiger partial charge < -0.3 is 10.2 Å². The van der Waals surface area contributed by atoms with Crippen molar-refractivity contribution in [2.24, 2.45) is 5.92 Å². The first-order valence-electron chi connectivity index (χ1n) is 8.74. The van der Waals surface area contributed by atoms with E-state index in [1.165, 1.54) is 42.3 Å². The van der Waals surface area contributed by atoms with E-state index < -0.39 is 22.7 Å². The normalized spacial score (nSPS) is 11.8. The molecular formula is C20H22FN3O4. The lowest BCUT2D eigenvalue weighted by Crippen LogP contribution is -2.50. The number of hydrogen-bond acceptors (Lipinski definition) is 4. The van der Waals surface area contributed by atoms with Crippen molar-refractivity contribution in [3.05, 3.63) is 75.6 Å². The Labute approximate surface area is 162 Å². The number of benzene rings is 2. The average molecular weight is 387 g/mol. The third-order valence-electron chi connectivity index (χ3n) is 4.30. The number of para-hydroxylation sites is 1. The zero-order valence-corrected chi connectivity index (χ0v) is 15.9. The second-order valence-corrected chi connectivity index (χ2v) is 6.78. The molecular weight excluding hydrogens is 365 g/mol. The number of hydrogen-bond donors (Lipinski definition) is 1. The number of nitro groups is 1. The summed E-state index contributed by atoms with van der Waals surface area (Å²) in [6.07, 6.45) is 0. The van der Waals surface area contributed by atoms with Crippen LogP contribution in [0.4, 0.5) is 10.1 Å². The van der Waals surface area contributed by atoms with Gasteiger partial charge in [-0.3, -0.25) is 19.7 Å². The summed E-state index contributed by atoms with van der Waals surface area (Å²) in [7, 11) is 1.53. The summed E-state index contributed by atoms with van der Waals surface area (Å²) in [5.74, 6) is -1.54. The number of rotatable bonds is 7. The molecule has 2 amide bonds. The maximum Gasteiger partial charge on any atom is 0.274 e. The molecule has 148 valence electrons. The Morgan fingerprint density at radius 3 is 2.32 bits per heavy atom. The molecule has 0 fully saturated rings. The highest BCUT2D eigenvalue weighted by Gasteiger charge is 2.28. The van der Waals surface area contributed by atoms with Crippen LogP contribution in [0.3, 0.4) is 0 Å².